The van der Waals surface area contributed by atoms with Crippen molar-refractivity contribution in [3.05, 3.63) is 47.0 Å². The summed E-state index contributed by atoms with van der Waals surface area (Å²) >= 11 is 6.02. The molecule has 132 valence electrons. The number of aldehydes is 1. The second kappa shape index (κ2) is 8.94. The largest absolute Gasteiger partial charge is 0.495 e. The van der Waals surface area contributed by atoms with Gasteiger partial charge in [0, 0.05) is 11.3 Å². The summed E-state index contributed by atoms with van der Waals surface area (Å²) in [6.07, 6.45) is 0.715. The van der Waals surface area contributed by atoms with Gasteiger partial charge in [0.15, 0.2) is 18.1 Å². The number of carbonyl (C=O) groups excluding carboxylic acids is 2. The predicted octanol–water partition coefficient (Wildman–Crippen LogP) is 3.58. The third-order valence-corrected chi connectivity index (χ3v) is 3.49. The smallest absolute Gasteiger partial charge is 0.262 e. The molecule has 2 aromatic rings. The van der Waals surface area contributed by atoms with Gasteiger partial charge in [-0.15, -0.1) is 0 Å². The van der Waals surface area contributed by atoms with Crippen LogP contribution in [0.5, 0.6) is 17.2 Å². The highest BCUT2D eigenvalue weighted by Gasteiger charge is 2.10. The molecule has 1 amide bonds. The van der Waals surface area contributed by atoms with E-state index in [0.717, 1.165) is 0 Å². The van der Waals surface area contributed by atoms with Gasteiger partial charge in [0.25, 0.3) is 5.91 Å². The van der Waals surface area contributed by atoms with Gasteiger partial charge in [0.1, 0.15) is 12.0 Å². The van der Waals surface area contributed by atoms with E-state index in [1.807, 2.05) is 6.92 Å². The van der Waals surface area contributed by atoms with Crippen molar-refractivity contribution in [3.63, 3.8) is 0 Å². The van der Waals surface area contributed by atoms with Crippen LogP contribution in [0, 0.1) is 0 Å². The quantitative estimate of drug-likeness (QED) is 0.726. The lowest BCUT2D eigenvalue weighted by atomic mass is 10.2. The Morgan fingerprint density at radius 1 is 1.12 bits per heavy atom. The molecule has 7 heteroatoms. The molecule has 0 spiro atoms. The van der Waals surface area contributed by atoms with Gasteiger partial charge in [0.05, 0.1) is 18.7 Å². The SMILES string of the molecule is CCOc1cc(C=O)ccc1OCC(=O)Nc1ccc(OC)c(Cl)c1. The maximum absolute atomic E-state index is 12.0. The van der Waals surface area contributed by atoms with E-state index in [2.05, 4.69) is 5.32 Å². The maximum Gasteiger partial charge on any atom is 0.262 e. The van der Waals surface area contributed by atoms with Crippen molar-refractivity contribution in [2.45, 2.75) is 6.92 Å². The first kappa shape index (κ1) is 18.6. The Morgan fingerprint density at radius 2 is 1.88 bits per heavy atom. The van der Waals surface area contributed by atoms with Crippen LogP contribution in [0.4, 0.5) is 5.69 Å². The number of amides is 1. The molecule has 25 heavy (non-hydrogen) atoms. The Hall–Kier alpha value is -2.73. The fourth-order valence-corrected chi connectivity index (χ4v) is 2.33. The van der Waals surface area contributed by atoms with Crippen molar-refractivity contribution >= 4 is 29.5 Å². The van der Waals surface area contributed by atoms with Gasteiger partial charge in [-0.3, -0.25) is 9.59 Å². The van der Waals surface area contributed by atoms with Gasteiger partial charge in [0.2, 0.25) is 0 Å². The van der Waals surface area contributed by atoms with Crippen molar-refractivity contribution < 1.29 is 23.8 Å². The molecular weight excluding hydrogens is 346 g/mol. The zero-order chi connectivity index (χ0) is 18.2. The molecule has 2 rings (SSSR count). The summed E-state index contributed by atoms with van der Waals surface area (Å²) in [5, 5.41) is 3.07. The highest BCUT2D eigenvalue weighted by Crippen LogP contribution is 2.29. The van der Waals surface area contributed by atoms with Gasteiger partial charge < -0.3 is 19.5 Å². The minimum Gasteiger partial charge on any atom is -0.495 e. The molecule has 0 aliphatic heterocycles. The third kappa shape index (κ3) is 5.12. The molecule has 0 aliphatic carbocycles. The molecule has 0 saturated carbocycles. The predicted molar refractivity (Wildman–Crippen MR) is 95.1 cm³/mol. The average Bonchev–Trinajstić information content (AvgIpc) is 2.61. The fourth-order valence-electron chi connectivity index (χ4n) is 2.07. The van der Waals surface area contributed by atoms with E-state index in [1.54, 1.807) is 36.4 Å². The minimum absolute atomic E-state index is 0.218. The van der Waals surface area contributed by atoms with Crippen LogP contribution < -0.4 is 19.5 Å². The summed E-state index contributed by atoms with van der Waals surface area (Å²) in [4.78, 5) is 22.9. The van der Waals surface area contributed by atoms with E-state index in [4.69, 9.17) is 25.8 Å². The number of carbonyl (C=O) groups is 2. The summed E-state index contributed by atoms with van der Waals surface area (Å²) in [6.45, 7) is 2.01. The van der Waals surface area contributed by atoms with Gasteiger partial charge in [-0.2, -0.15) is 0 Å². The fraction of sp³-hybridized carbons (Fsp3) is 0.222. The van der Waals surface area contributed by atoms with Crippen LogP contribution in [0.25, 0.3) is 0 Å². The topological polar surface area (TPSA) is 73.9 Å². The van der Waals surface area contributed by atoms with Crippen molar-refractivity contribution in [1.82, 2.24) is 0 Å². The third-order valence-electron chi connectivity index (χ3n) is 3.20. The summed E-state index contributed by atoms with van der Waals surface area (Å²) < 4.78 is 16.0. The normalized spacial score (nSPS) is 10.0. The molecule has 0 fully saturated rings. The van der Waals surface area contributed by atoms with Crippen molar-refractivity contribution in [3.8, 4) is 17.2 Å². The number of rotatable bonds is 8. The number of hydrogen-bond acceptors (Lipinski definition) is 5. The number of anilines is 1. The molecule has 1 N–H and O–H groups in total. The molecule has 0 heterocycles. The lowest BCUT2D eigenvalue weighted by Crippen LogP contribution is -2.20. The monoisotopic (exact) mass is 363 g/mol. The molecular formula is C18H18ClNO5. The van der Waals surface area contributed by atoms with Gasteiger partial charge in [-0.1, -0.05) is 11.6 Å². The van der Waals surface area contributed by atoms with E-state index in [9.17, 15) is 9.59 Å². The van der Waals surface area contributed by atoms with E-state index in [-0.39, 0.29) is 12.5 Å². The standard InChI is InChI=1S/C18H18ClNO5/c1-3-24-17-8-12(10-21)4-6-16(17)25-11-18(22)20-13-5-7-15(23-2)14(19)9-13/h4-10H,3,11H2,1-2H3,(H,20,22). The Labute approximate surface area is 150 Å². The lowest BCUT2D eigenvalue weighted by Gasteiger charge is -2.12. The zero-order valence-corrected chi connectivity index (χ0v) is 14.6. The van der Waals surface area contributed by atoms with Crippen LogP contribution in [-0.2, 0) is 4.79 Å². The number of halogens is 1. The second-order valence-electron chi connectivity index (χ2n) is 4.94. The van der Waals surface area contributed by atoms with Crippen molar-refractivity contribution in [2.75, 3.05) is 25.6 Å². The van der Waals surface area contributed by atoms with E-state index in [0.29, 0.717) is 46.4 Å². The highest BCUT2D eigenvalue weighted by atomic mass is 35.5. The van der Waals surface area contributed by atoms with Crippen molar-refractivity contribution in [1.29, 1.82) is 0 Å². The molecule has 0 aromatic heterocycles. The lowest BCUT2D eigenvalue weighted by molar-refractivity contribution is -0.118. The highest BCUT2D eigenvalue weighted by molar-refractivity contribution is 6.32. The Morgan fingerprint density at radius 3 is 2.52 bits per heavy atom. The van der Waals surface area contributed by atoms with E-state index >= 15 is 0 Å². The Bertz CT molecular complexity index is 763. The first-order valence-corrected chi connectivity index (χ1v) is 7.93. The average molecular weight is 364 g/mol. The number of methoxy groups -OCH3 is 1. The number of ether oxygens (including phenoxy) is 3. The van der Waals surface area contributed by atoms with Crippen LogP contribution in [0.2, 0.25) is 5.02 Å². The zero-order valence-electron chi connectivity index (χ0n) is 13.9. The summed E-state index contributed by atoms with van der Waals surface area (Å²) in [5.74, 6) is 0.957. The molecule has 0 saturated heterocycles. The first-order chi connectivity index (χ1) is 12.1. The van der Waals surface area contributed by atoms with Gasteiger partial charge in [-0.25, -0.2) is 0 Å². The molecule has 2 aromatic carbocycles. The molecule has 6 nitrogen and oxygen atoms in total. The molecule has 0 atom stereocenters. The second-order valence-corrected chi connectivity index (χ2v) is 5.35. The van der Waals surface area contributed by atoms with Crippen LogP contribution in [0.15, 0.2) is 36.4 Å². The van der Waals surface area contributed by atoms with Gasteiger partial charge >= 0.3 is 0 Å². The van der Waals surface area contributed by atoms with Gasteiger partial charge in [-0.05, 0) is 43.3 Å². The molecule has 0 bridgehead atoms. The summed E-state index contributed by atoms with van der Waals surface area (Å²) in [7, 11) is 1.51. The Kier molecular flexibility index (Phi) is 6.65. The van der Waals surface area contributed by atoms with Crippen molar-refractivity contribution in [2.24, 2.45) is 0 Å². The number of hydrogen-bond donors (Lipinski definition) is 1. The maximum atomic E-state index is 12.0. The van der Waals surface area contributed by atoms with E-state index in [1.165, 1.54) is 7.11 Å². The molecule has 0 radical (unpaired) electrons. The van der Waals surface area contributed by atoms with Crippen LogP contribution >= 0.6 is 11.6 Å². The Balaban J connectivity index is 2.00. The van der Waals surface area contributed by atoms with Crippen LogP contribution in [0.3, 0.4) is 0 Å². The number of benzene rings is 2. The minimum atomic E-state index is -0.358. The molecule has 0 aliphatic rings. The summed E-state index contributed by atoms with van der Waals surface area (Å²) in [6, 6.07) is 9.66. The number of nitrogens with one attached hydrogen (secondary N) is 1. The summed E-state index contributed by atoms with van der Waals surface area (Å²) in [5.41, 5.74) is 0.994. The van der Waals surface area contributed by atoms with E-state index < -0.39 is 0 Å². The van der Waals surface area contributed by atoms with Crippen LogP contribution in [0.1, 0.15) is 17.3 Å². The first-order valence-electron chi connectivity index (χ1n) is 7.55. The van der Waals surface area contributed by atoms with Crippen LogP contribution in [-0.4, -0.2) is 32.5 Å². The molecule has 0 unspecified atom stereocenters.